The van der Waals surface area contributed by atoms with Crippen molar-refractivity contribution in [3.63, 3.8) is 0 Å². The molecule has 1 spiro atoms. The average molecular weight is 346 g/mol. The van der Waals surface area contributed by atoms with Crippen molar-refractivity contribution in [2.75, 3.05) is 26.3 Å². The second kappa shape index (κ2) is 5.16. The summed E-state index contributed by atoms with van der Waals surface area (Å²) >= 11 is 0. The van der Waals surface area contributed by atoms with Crippen molar-refractivity contribution in [3.8, 4) is 5.75 Å². The lowest BCUT2D eigenvalue weighted by atomic mass is 9.91. The molecule has 0 fully saturated rings. The van der Waals surface area contributed by atoms with E-state index < -0.39 is 5.54 Å². The minimum absolute atomic E-state index is 0.396. The van der Waals surface area contributed by atoms with Gasteiger partial charge < -0.3 is 14.8 Å². The molecule has 0 saturated heterocycles. The highest BCUT2D eigenvalue weighted by Gasteiger charge is 2.47. The number of nitrogens with one attached hydrogen (secondary N) is 1. The van der Waals surface area contributed by atoms with Gasteiger partial charge in [0.05, 0.1) is 12.3 Å². The van der Waals surface area contributed by atoms with Gasteiger partial charge in [0.15, 0.2) is 5.65 Å². The molecule has 6 rings (SSSR count). The first-order valence-electron chi connectivity index (χ1n) is 8.94. The topological polar surface area (TPSA) is 61.2 Å². The molecule has 0 amide bonds. The van der Waals surface area contributed by atoms with E-state index in [1.54, 1.807) is 0 Å². The van der Waals surface area contributed by atoms with Gasteiger partial charge in [-0.3, -0.25) is 4.57 Å². The molecule has 1 N–H and O–H groups in total. The van der Waals surface area contributed by atoms with Crippen LogP contribution in [0, 0.1) is 0 Å². The summed E-state index contributed by atoms with van der Waals surface area (Å²) in [6.07, 6.45) is 2.20. The van der Waals surface area contributed by atoms with Gasteiger partial charge in [-0.15, -0.1) is 0 Å². The van der Waals surface area contributed by atoms with Gasteiger partial charge in [-0.2, -0.15) is 0 Å². The molecule has 3 aliphatic rings. The highest BCUT2D eigenvalue weighted by atomic mass is 16.5. The minimum Gasteiger partial charge on any atom is -0.490 e. The van der Waals surface area contributed by atoms with Crippen LogP contribution in [-0.4, -0.2) is 40.8 Å². The normalized spacial score (nSPS) is 23.8. The number of aromatic nitrogens is 3. The summed E-state index contributed by atoms with van der Waals surface area (Å²) in [5.41, 5.74) is 4.82. The van der Waals surface area contributed by atoms with Gasteiger partial charge in [0.2, 0.25) is 0 Å². The van der Waals surface area contributed by atoms with Crippen molar-refractivity contribution in [2.24, 2.45) is 0 Å². The molecule has 1 atom stereocenters. The van der Waals surface area contributed by atoms with Crippen molar-refractivity contribution >= 4 is 16.7 Å². The fourth-order valence-electron chi connectivity index (χ4n) is 4.33. The molecule has 3 aliphatic heterocycles. The zero-order valence-electron chi connectivity index (χ0n) is 14.2. The van der Waals surface area contributed by atoms with E-state index in [2.05, 4.69) is 40.2 Å². The van der Waals surface area contributed by atoms with Crippen LogP contribution in [-0.2, 0) is 16.9 Å². The van der Waals surface area contributed by atoms with Gasteiger partial charge >= 0.3 is 0 Å². The van der Waals surface area contributed by atoms with Crippen LogP contribution < -0.4 is 10.1 Å². The molecule has 1 aromatic carbocycles. The Hall–Kier alpha value is -2.70. The van der Waals surface area contributed by atoms with Crippen LogP contribution in [0.3, 0.4) is 0 Å². The zero-order chi connectivity index (χ0) is 17.1. The highest BCUT2D eigenvalue weighted by molar-refractivity contribution is 5.77. The highest BCUT2D eigenvalue weighted by Crippen LogP contribution is 2.44. The van der Waals surface area contributed by atoms with Crippen LogP contribution in [0.5, 0.6) is 5.75 Å². The predicted octanol–water partition coefficient (Wildman–Crippen LogP) is 2.08. The summed E-state index contributed by atoms with van der Waals surface area (Å²) in [7, 11) is 0. The number of para-hydroxylation sites is 1. The second-order valence-electron chi connectivity index (χ2n) is 7.07. The van der Waals surface area contributed by atoms with E-state index in [-0.39, 0.29) is 0 Å². The van der Waals surface area contributed by atoms with E-state index >= 15 is 0 Å². The smallest absolute Gasteiger partial charge is 0.161 e. The van der Waals surface area contributed by atoms with Crippen molar-refractivity contribution in [2.45, 2.75) is 12.1 Å². The first-order valence-corrected chi connectivity index (χ1v) is 8.94. The molecule has 6 heteroatoms. The number of hydrogen-bond acceptors (Lipinski definition) is 5. The number of pyridine rings is 1. The molecule has 26 heavy (non-hydrogen) atoms. The van der Waals surface area contributed by atoms with E-state index in [1.807, 2.05) is 12.1 Å². The molecule has 0 aliphatic carbocycles. The molecule has 0 radical (unpaired) electrons. The fraction of sp³-hybridized carbons (Fsp3) is 0.300. The van der Waals surface area contributed by atoms with Crippen LogP contribution in [0.1, 0.15) is 17.1 Å². The zero-order valence-corrected chi connectivity index (χ0v) is 14.2. The van der Waals surface area contributed by atoms with E-state index in [0.717, 1.165) is 47.1 Å². The van der Waals surface area contributed by atoms with E-state index in [4.69, 9.17) is 19.4 Å². The second-order valence-corrected chi connectivity index (χ2v) is 7.07. The lowest BCUT2D eigenvalue weighted by Crippen LogP contribution is -2.45. The number of ether oxygens (including phenoxy) is 2. The molecule has 130 valence electrons. The Morgan fingerprint density at radius 1 is 1.08 bits per heavy atom. The average Bonchev–Trinajstić information content (AvgIpc) is 3.40. The van der Waals surface area contributed by atoms with Gasteiger partial charge in [-0.25, -0.2) is 9.97 Å². The van der Waals surface area contributed by atoms with Crippen LogP contribution in [0.15, 0.2) is 42.5 Å². The van der Waals surface area contributed by atoms with E-state index in [1.165, 1.54) is 5.57 Å². The molecular formula is C20H18N4O2. The number of nitrogens with zero attached hydrogens (tertiary/aromatic N) is 3. The van der Waals surface area contributed by atoms with E-state index in [0.29, 0.717) is 19.8 Å². The van der Waals surface area contributed by atoms with Crippen molar-refractivity contribution in [1.82, 2.24) is 19.9 Å². The molecular weight excluding hydrogens is 328 g/mol. The van der Waals surface area contributed by atoms with Gasteiger partial charge in [0.1, 0.15) is 35.8 Å². The maximum atomic E-state index is 6.02. The van der Waals surface area contributed by atoms with Gasteiger partial charge in [-0.1, -0.05) is 24.3 Å². The maximum Gasteiger partial charge on any atom is 0.161 e. The summed E-state index contributed by atoms with van der Waals surface area (Å²) in [6, 6.07) is 12.3. The first-order chi connectivity index (χ1) is 12.9. The van der Waals surface area contributed by atoms with Gasteiger partial charge in [-0.05, 0) is 23.8 Å². The standard InChI is InChI=1S/C20H18N4O2/c1-2-4-17-14(3-1)20(12-26-17)11-25-10-18-22-16-6-5-15(13-7-8-21-9-13)23-19(16)24(18)20/h1-7,21H,8-12H2. The van der Waals surface area contributed by atoms with Crippen LogP contribution >= 0.6 is 0 Å². The Balaban J connectivity index is 1.61. The number of benzene rings is 1. The molecule has 0 saturated carbocycles. The minimum atomic E-state index is -0.396. The Bertz CT molecular complexity index is 1070. The Morgan fingerprint density at radius 3 is 2.96 bits per heavy atom. The number of imidazole rings is 1. The summed E-state index contributed by atoms with van der Waals surface area (Å²) in [5, 5.41) is 3.34. The Kier molecular flexibility index (Phi) is 2.87. The van der Waals surface area contributed by atoms with Crippen molar-refractivity contribution < 1.29 is 9.47 Å². The summed E-state index contributed by atoms with van der Waals surface area (Å²) in [5.74, 6) is 1.83. The molecule has 0 bridgehead atoms. The molecule has 5 heterocycles. The van der Waals surface area contributed by atoms with Crippen LogP contribution in [0.25, 0.3) is 16.7 Å². The SMILES string of the molecule is C1=C(c2ccc3nc4n(c3n2)C2(COC4)COc3ccccc32)CNC1. The largest absolute Gasteiger partial charge is 0.490 e. The quantitative estimate of drug-likeness (QED) is 0.731. The monoisotopic (exact) mass is 346 g/mol. The lowest BCUT2D eigenvalue weighted by molar-refractivity contribution is 0.0134. The number of fused-ring (bicyclic) bond motifs is 6. The van der Waals surface area contributed by atoms with Gasteiger partial charge in [0.25, 0.3) is 0 Å². The third-order valence-corrected chi connectivity index (χ3v) is 5.57. The Labute approximate surface area is 150 Å². The number of rotatable bonds is 1. The number of hydrogen-bond donors (Lipinski definition) is 1. The fourth-order valence-corrected chi connectivity index (χ4v) is 4.33. The van der Waals surface area contributed by atoms with Crippen molar-refractivity contribution in [3.05, 3.63) is 59.6 Å². The molecule has 3 aromatic rings. The lowest BCUT2D eigenvalue weighted by Gasteiger charge is -2.34. The van der Waals surface area contributed by atoms with Crippen molar-refractivity contribution in [1.29, 1.82) is 0 Å². The third kappa shape index (κ3) is 1.83. The molecule has 6 nitrogen and oxygen atoms in total. The summed E-state index contributed by atoms with van der Waals surface area (Å²) < 4.78 is 14.2. The molecule has 1 unspecified atom stereocenters. The van der Waals surface area contributed by atoms with Gasteiger partial charge in [0, 0.05) is 18.7 Å². The van der Waals surface area contributed by atoms with E-state index in [9.17, 15) is 0 Å². The maximum absolute atomic E-state index is 6.02. The first kappa shape index (κ1) is 14.5. The summed E-state index contributed by atoms with van der Waals surface area (Å²) in [6.45, 7) is 3.37. The Morgan fingerprint density at radius 2 is 2.04 bits per heavy atom. The third-order valence-electron chi connectivity index (χ3n) is 5.57. The summed E-state index contributed by atoms with van der Waals surface area (Å²) in [4.78, 5) is 9.80. The molecule has 2 aromatic heterocycles. The van der Waals surface area contributed by atoms with Crippen LogP contribution in [0.4, 0.5) is 0 Å². The predicted molar refractivity (Wildman–Crippen MR) is 97.0 cm³/mol. The van der Waals surface area contributed by atoms with Crippen LogP contribution in [0.2, 0.25) is 0 Å².